The molecule has 0 radical (unpaired) electrons. The average molecular weight is 264 g/mol. The number of hydrogen-bond donors (Lipinski definition) is 1. The third-order valence-corrected chi connectivity index (χ3v) is 4.01. The molecular formula is C12H16N4OS. The minimum Gasteiger partial charge on any atom is -0.370 e. The number of nitrogens with zero attached hydrogens (tertiary/aromatic N) is 3. The summed E-state index contributed by atoms with van der Waals surface area (Å²) in [6.07, 6.45) is 1.89. The van der Waals surface area contributed by atoms with E-state index < -0.39 is 0 Å². The molecule has 2 unspecified atom stereocenters. The van der Waals surface area contributed by atoms with Crippen molar-refractivity contribution in [3.63, 3.8) is 0 Å². The molecule has 0 bridgehead atoms. The molecule has 5 nitrogen and oxygen atoms in total. The maximum Gasteiger partial charge on any atom is 0.150 e. The Kier molecular flexibility index (Phi) is 3.15. The van der Waals surface area contributed by atoms with Crippen molar-refractivity contribution in [2.24, 2.45) is 5.73 Å². The fraction of sp³-hybridized carbons (Fsp3) is 0.500. The Morgan fingerprint density at radius 2 is 2.39 bits per heavy atom. The van der Waals surface area contributed by atoms with E-state index >= 15 is 0 Å². The predicted octanol–water partition coefficient (Wildman–Crippen LogP) is 1.24. The largest absolute Gasteiger partial charge is 0.370 e. The van der Waals surface area contributed by atoms with Crippen molar-refractivity contribution >= 4 is 27.4 Å². The summed E-state index contributed by atoms with van der Waals surface area (Å²) in [5.41, 5.74) is 6.72. The molecule has 1 saturated heterocycles. The zero-order valence-corrected chi connectivity index (χ0v) is 11.1. The smallest absolute Gasteiger partial charge is 0.150 e. The van der Waals surface area contributed by atoms with E-state index in [0.29, 0.717) is 6.54 Å². The highest BCUT2D eigenvalue weighted by molar-refractivity contribution is 7.17. The van der Waals surface area contributed by atoms with Gasteiger partial charge in [0.15, 0.2) is 0 Å². The first-order valence-electron chi connectivity index (χ1n) is 6.06. The lowest BCUT2D eigenvalue weighted by Gasteiger charge is -2.37. The number of fused-ring (bicyclic) bond motifs is 1. The van der Waals surface area contributed by atoms with E-state index in [4.69, 9.17) is 10.5 Å². The summed E-state index contributed by atoms with van der Waals surface area (Å²) in [5, 5.41) is 2.05. The molecule has 0 saturated carbocycles. The number of rotatable bonds is 2. The SMILES string of the molecule is CC1CN(c2ncnc3ccsc23)CC(CN)O1. The first-order valence-corrected chi connectivity index (χ1v) is 6.94. The molecule has 96 valence electrons. The molecule has 6 heteroatoms. The van der Waals surface area contributed by atoms with Crippen LogP contribution in [0, 0.1) is 0 Å². The zero-order valence-electron chi connectivity index (χ0n) is 10.2. The summed E-state index contributed by atoms with van der Waals surface area (Å²) in [6.45, 7) is 4.26. The standard InChI is InChI=1S/C12H16N4OS/c1-8-5-16(6-9(4-13)17-8)12-11-10(2-3-18-11)14-7-15-12/h2-3,7-9H,4-6,13H2,1H3. The Hall–Kier alpha value is -1.24. The zero-order chi connectivity index (χ0) is 12.5. The van der Waals surface area contributed by atoms with Crippen LogP contribution in [0.3, 0.4) is 0 Å². The van der Waals surface area contributed by atoms with Gasteiger partial charge in [-0.05, 0) is 18.4 Å². The summed E-state index contributed by atoms with van der Waals surface area (Å²) in [4.78, 5) is 11.0. The minimum atomic E-state index is 0.0822. The van der Waals surface area contributed by atoms with Gasteiger partial charge in [0.1, 0.15) is 12.1 Å². The highest BCUT2D eigenvalue weighted by Crippen LogP contribution is 2.29. The molecule has 18 heavy (non-hydrogen) atoms. The van der Waals surface area contributed by atoms with Crippen molar-refractivity contribution in [2.45, 2.75) is 19.1 Å². The molecule has 2 aromatic rings. The molecule has 3 heterocycles. The van der Waals surface area contributed by atoms with Crippen LogP contribution in [0.1, 0.15) is 6.92 Å². The molecule has 2 atom stereocenters. The molecular weight excluding hydrogens is 248 g/mol. The Bertz CT molecular complexity index is 544. The molecule has 2 N–H and O–H groups in total. The van der Waals surface area contributed by atoms with Gasteiger partial charge in [-0.15, -0.1) is 11.3 Å². The Morgan fingerprint density at radius 1 is 1.50 bits per heavy atom. The van der Waals surface area contributed by atoms with Crippen LogP contribution in [-0.2, 0) is 4.74 Å². The topological polar surface area (TPSA) is 64.3 Å². The van der Waals surface area contributed by atoms with Crippen LogP contribution in [-0.4, -0.2) is 41.8 Å². The fourth-order valence-corrected chi connectivity index (χ4v) is 3.21. The van der Waals surface area contributed by atoms with Crippen LogP contribution in [0.25, 0.3) is 10.2 Å². The second kappa shape index (κ2) is 4.79. The van der Waals surface area contributed by atoms with Crippen molar-refractivity contribution < 1.29 is 4.74 Å². The van der Waals surface area contributed by atoms with E-state index in [-0.39, 0.29) is 12.2 Å². The molecule has 2 aromatic heterocycles. The van der Waals surface area contributed by atoms with Gasteiger partial charge in [-0.25, -0.2) is 9.97 Å². The molecule has 1 fully saturated rings. The Balaban J connectivity index is 1.96. The van der Waals surface area contributed by atoms with Gasteiger partial charge in [-0.2, -0.15) is 0 Å². The average Bonchev–Trinajstić information content (AvgIpc) is 2.85. The van der Waals surface area contributed by atoms with E-state index in [9.17, 15) is 0 Å². The third-order valence-electron chi connectivity index (χ3n) is 3.11. The maximum atomic E-state index is 5.77. The van der Waals surface area contributed by atoms with Gasteiger partial charge < -0.3 is 15.4 Å². The van der Waals surface area contributed by atoms with E-state index in [0.717, 1.165) is 29.1 Å². The number of nitrogens with two attached hydrogens (primary N) is 1. The van der Waals surface area contributed by atoms with Crippen LogP contribution in [0.15, 0.2) is 17.8 Å². The second-order valence-electron chi connectivity index (χ2n) is 4.54. The first kappa shape index (κ1) is 11.8. The van der Waals surface area contributed by atoms with Crippen LogP contribution in [0.2, 0.25) is 0 Å². The molecule has 0 spiro atoms. The third kappa shape index (κ3) is 2.07. The normalized spacial score (nSPS) is 24.7. The van der Waals surface area contributed by atoms with Crippen LogP contribution >= 0.6 is 11.3 Å². The van der Waals surface area contributed by atoms with Crippen LogP contribution in [0.5, 0.6) is 0 Å². The predicted molar refractivity (Wildman–Crippen MR) is 73.0 cm³/mol. The Labute approximate surface area is 110 Å². The monoisotopic (exact) mass is 264 g/mol. The van der Waals surface area contributed by atoms with E-state index in [1.807, 2.05) is 11.4 Å². The van der Waals surface area contributed by atoms with Gasteiger partial charge in [0.2, 0.25) is 0 Å². The lowest BCUT2D eigenvalue weighted by Crippen LogP contribution is -2.49. The van der Waals surface area contributed by atoms with E-state index in [1.54, 1.807) is 17.7 Å². The molecule has 3 rings (SSSR count). The summed E-state index contributed by atoms with van der Waals surface area (Å²) >= 11 is 1.68. The summed E-state index contributed by atoms with van der Waals surface area (Å²) < 4.78 is 6.92. The van der Waals surface area contributed by atoms with Gasteiger partial charge in [0, 0.05) is 19.6 Å². The highest BCUT2D eigenvalue weighted by atomic mass is 32.1. The minimum absolute atomic E-state index is 0.0822. The number of hydrogen-bond acceptors (Lipinski definition) is 6. The highest BCUT2D eigenvalue weighted by Gasteiger charge is 2.26. The van der Waals surface area contributed by atoms with Crippen molar-refractivity contribution in [1.82, 2.24) is 9.97 Å². The lowest BCUT2D eigenvalue weighted by atomic mass is 10.2. The van der Waals surface area contributed by atoms with Crippen molar-refractivity contribution in [1.29, 1.82) is 0 Å². The molecule has 0 aliphatic carbocycles. The number of aromatic nitrogens is 2. The Morgan fingerprint density at radius 3 is 3.22 bits per heavy atom. The van der Waals surface area contributed by atoms with Gasteiger partial charge >= 0.3 is 0 Å². The van der Waals surface area contributed by atoms with Crippen molar-refractivity contribution in [2.75, 3.05) is 24.5 Å². The lowest BCUT2D eigenvalue weighted by molar-refractivity contribution is -0.0106. The van der Waals surface area contributed by atoms with Gasteiger partial charge in [-0.1, -0.05) is 0 Å². The van der Waals surface area contributed by atoms with Crippen molar-refractivity contribution in [3.05, 3.63) is 17.8 Å². The molecule has 1 aliphatic rings. The van der Waals surface area contributed by atoms with Gasteiger partial charge in [0.05, 0.1) is 22.4 Å². The van der Waals surface area contributed by atoms with Crippen LogP contribution in [0.4, 0.5) is 5.82 Å². The molecule has 0 amide bonds. The summed E-state index contributed by atoms with van der Waals surface area (Å²) in [5.74, 6) is 1.00. The van der Waals surface area contributed by atoms with Gasteiger partial charge in [-0.3, -0.25) is 0 Å². The van der Waals surface area contributed by atoms with Crippen molar-refractivity contribution in [3.8, 4) is 0 Å². The number of morpholine rings is 1. The van der Waals surface area contributed by atoms with Crippen LogP contribution < -0.4 is 10.6 Å². The summed E-state index contributed by atoms with van der Waals surface area (Å²) in [7, 11) is 0. The number of thiophene rings is 1. The maximum absolute atomic E-state index is 5.77. The summed E-state index contributed by atoms with van der Waals surface area (Å²) in [6, 6.07) is 2.02. The fourth-order valence-electron chi connectivity index (χ4n) is 2.35. The molecule has 1 aliphatic heterocycles. The first-order chi connectivity index (χ1) is 8.78. The second-order valence-corrected chi connectivity index (χ2v) is 5.46. The van der Waals surface area contributed by atoms with Gasteiger partial charge in [0.25, 0.3) is 0 Å². The van der Waals surface area contributed by atoms with E-state index in [2.05, 4.69) is 21.8 Å². The number of ether oxygens (including phenoxy) is 1. The van der Waals surface area contributed by atoms with E-state index in [1.165, 1.54) is 0 Å². The molecule has 0 aromatic carbocycles. The number of anilines is 1. The quantitative estimate of drug-likeness (QED) is 0.884.